The molecule has 1 fully saturated rings. The van der Waals surface area contributed by atoms with Gasteiger partial charge in [-0.15, -0.1) is 11.6 Å². The van der Waals surface area contributed by atoms with Gasteiger partial charge in [0.25, 0.3) is 0 Å². The lowest BCUT2D eigenvalue weighted by atomic mass is 10.2. The Balaban J connectivity index is 2.13. The highest BCUT2D eigenvalue weighted by atomic mass is 35.5. The summed E-state index contributed by atoms with van der Waals surface area (Å²) in [4.78, 5) is 2.48. The summed E-state index contributed by atoms with van der Waals surface area (Å²) in [6.45, 7) is 3.24. The van der Waals surface area contributed by atoms with Crippen LogP contribution < -0.4 is 0 Å². The van der Waals surface area contributed by atoms with Crippen molar-refractivity contribution in [2.24, 2.45) is 0 Å². The number of hydrogen-bond acceptors (Lipinski definition) is 1. The highest BCUT2D eigenvalue weighted by Gasteiger charge is 2.18. The molecule has 0 radical (unpaired) electrons. The van der Waals surface area contributed by atoms with E-state index in [1.807, 2.05) is 0 Å². The largest absolute Gasteiger partial charge is 0.303 e. The highest BCUT2D eigenvalue weighted by molar-refractivity contribution is 6.20. The average molecular weight is 190 g/mol. The van der Waals surface area contributed by atoms with Crippen LogP contribution in [0.4, 0.5) is 0 Å². The van der Waals surface area contributed by atoms with E-state index in [0.29, 0.717) is 5.38 Å². The molecule has 0 bridgehead atoms. The summed E-state index contributed by atoms with van der Waals surface area (Å²) in [6, 6.07) is 0.848. The van der Waals surface area contributed by atoms with Crippen molar-refractivity contribution >= 4 is 11.6 Å². The minimum absolute atomic E-state index is 0.328. The number of halogens is 1. The molecule has 0 amide bonds. The third kappa shape index (κ3) is 3.32. The summed E-state index contributed by atoms with van der Waals surface area (Å²) >= 11 is 5.90. The Morgan fingerprint density at radius 3 is 2.50 bits per heavy atom. The zero-order valence-corrected chi connectivity index (χ0v) is 8.98. The summed E-state index contributed by atoms with van der Waals surface area (Å²) in [5, 5.41) is 0.328. The molecule has 0 aromatic heterocycles. The molecule has 72 valence electrons. The maximum Gasteiger partial charge on any atom is 0.0320 e. The zero-order chi connectivity index (χ0) is 8.97. The third-order valence-electron chi connectivity index (χ3n) is 2.83. The Morgan fingerprint density at radius 1 is 1.42 bits per heavy atom. The Labute approximate surface area is 81.1 Å². The molecule has 12 heavy (non-hydrogen) atoms. The first-order chi connectivity index (χ1) is 5.70. The number of rotatable bonds is 4. The van der Waals surface area contributed by atoms with Gasteiger partial charge in [-0.2, -0.15) is 0 Å². The van der Waals surface area contributed by atoms with Crippen LogP contribution >= 0.6 is 11.6 Å². The third-order valence-corrected chi connectivity index (χ3v) is 3.05. The molecule has 1 aliphatic carbocycles. The number of alkyl halides is 1. The van der Waals surface area contributed by atoms with Crippen LogP contribution in [0.3, 0.4) is 0 Å². The second kappa shape index (κ2) is 5.08. The monoisotopic (exact) mass is 189 g/mol. The van der Waals surface area contributed by atoms with Crippen molar-refractivity contribution in [2.75, 3.05) is 13.6 Å². The molecular weight excluding hydrogens is 170 g/mol. The van der Waals surface area contributed by atoms with Crippen molar-refractivity contribution in [1.82, 2.24) is 4.90 Å². The van der Waals surface area contributed by atoms with Crippen LogP contribution in [-0.2, 0) is 0 Å². The molecule has 1 atom stereocenters. The molecule has 0 aliphatic heterocycles. The highest BCUT2D eigenvalue weighted by Crippen LogP contribution is 2.22. The average Bonchev–Trinajstić information content (AvgIpc) is 2.51. The van der Waals surface area contributed by atoms with Crippen LogP contribution in [0, 0.1) is 0 Å². The Hall–Kier alpha value is 0.250. The quantitative estimate of drug-likeness (QED) is 0.615. The van der Waals surface area contributed by atoms with Crippen molar-refractivity contribution in [3.63, 3.8) is 0 Å². The first-order valence-electron chi connectivity index (χ1n) is 5.04. The summed E-state index contributed by atoms with van der Waals surface area (Å²) in [5.74, 6) is 0. The summed E-state index contributed by atoms with van der Waals surface area (Å²) in [5.41, 5.74) is 0. The predicted octanol–water partition coefficient (Wildman–Crippen LogP) is 2.88. The SMILES string of the molecule is CC(Cl)CCN(C)C1CCCC1. The van der Waals surface area contributed by atoms with E-state index in [1.165, 1.54) is 25.7 Å². The molecule has 0 aromatic rings. The topological polar surface area (TPSA) is 3.24 Å². The Kier molecular flexibility index (Phi) is 4.38. The van der Waals surface area contributed by atoms with Crippen LogP contribution in [0.15, 0.2) is 0 Å². The maximum atomic E-state index is 5.90. The predicted molar refractivity (Wildman–Crippen MR) is 54.8 cm³/mol. The second-order valence-electron chi connectivity index (χ2n) is 3.99. The van der Waals surface area contributed by atoms with Crippen molar-refractivity contribution in [1.29, 1.82) is 0 Å². The molecule has 1 saturated carbocycles. The summed E-state index contributed by atoms with van der Waals surface area (Å²) in [7, 11) is 2.23. The van der Waals surface area contributed by atoms with Gasteiger partial charge in [0.15, 0.2) is 0 Å². The van der Waals surface area contributed by atoms with Gasteiger partial charge in [0.05, 0.1) is 0 Å². The Morgan fingerprint density at radius 2 is 2.00 bits per heavy atom. The standard InChI is InChI=1S/C10H20ClN/c1-9(11)7-8-12(2)10-5-3-4-6-10/h9-10H,3-8H2,1-2H3. The van der Waals surface area contributed by atoms with E-state index in [2.05, 4.69) is 18.9 Å². The summed E-state index contributed by atoms with van der Waals surface area (Å²) < 4.78 is 0. The van der Waals surface area contributed by atoms with Gasteiger partial charge >= 0.3 is 0 Å². The van der Waals surface area contributed by atoms with Gasteiger partial charge in [-0.3, -0.25) is 0 Å². The van der Waals surface area contributed by atoms with Crippen LogP contribution in [0.25, 0.3) is 0 Å². The van der Waals surface area contributed by atoms with Gasteiger partial charge in [-0.1, -0.05) is 12.8 Å². The van der Waals surface area contributed by atoms with Crippen molar-refractivity contribution in [3.05, 3.63) is 0 Å². The molecule has 0 heterocycles. The van der Waals surface area contributed by atoms with E-state index in [-0.39, 0.29) is 0 Å². The Bertz CT molecular complexity index is 119. The minimum Gasteiger partial charge on any atom is -0.303 e. The molecule has 0 saturated heterocycles. The number of nitrogens with zero attached hydrogens (tertiary/aromatic N) is 1. The lowest BCUT2D eigenvalue weighted by Crippen LogP contribution is -2.30. The lowest BCUT2D eigenvalue weighted by molar-refractivity contribution is 0.243. The van der Waals surface area contributed by atoms with E-state index >= 15 is 0 Å². The summed E-state index contributed by atoms with van der Waals surface area (Å²) in [6.07, 6.45) is 6.76. The molecule has 1 aliphatic rings. The van der Waals surface area contributed by atoms with Crippen molar-refractivity contribution in [2.45, 2.75) is 50.4 Å². The van der Waals surface area contributed by atoms with E-state index in [0.717, 1.165) is 19.0 Å². The van der Waals surface area contributed by atoms with Gasteiger partial charge in [0.1, 0.15) is 0 Å². The van der Waals surface area contributed by atoms with Gasteiger partial charge in [-0.25, -0.2) is 0 Å². The molecular formula is C10H20ClN. The fourth-order valence-corrected chi connectivity index (χ4v) is 2.01. The lowest BCUT2D eigenvalue weighted by Gasteiger charge is -2.24. The van der Waals surface area contributed by atoms with E-state index < -0.39 is 0 Å². The zero-order valence-electron chi connectivity index (χ0n) is 8.22. The van der Waals surface area contributed by atoms with Gasteiger partial charge in [-0.05, 0) is 39.8 Å². The van der Waals surface area contributed by atoms with E-state index in [1.54, 1.807) is 0 Å². The molecule has 0 spiro atoms. The van der Waals surface area contributed by atoms with Crippen LogP contribution in [0.2, 0.25) is 0 Å². The molecule has 0 N–H and O–H groups in total. The van der Waals surface area contributed by atoms with Crippen molar-refractivity contribution in [3.8, 4) is 0 Å². The number of hydrogen-bond donors (Lipinski definition) is 0. The van der Waals surface area contributed by atoms with Crippen LogP contribution in [0.5, 0.6) is 0 Å². The molecule has 1 nitrogen and oxygen atoms in total. The maximum absolute atomic E-state index is 5.90. The van der Waals surface area contributed by atoms with E-state index in [9.17, 15) is 0 Å². The fourth-order valence-electron chi connectivity index (χ4n) is 1.91. The molecule has 0 aromatic carbocycles. The van der Waals surface area contributed by atoms with Gasteiger partial charge in [0, 0.05) is 11.4 Å². The van der Waals surface area contributed by atoms with Crippen LogP contribution in [0.1, 0.15) is 39.0 Å². The van der Waals surface area contributed by atoms with E-state index in [4.69, 9.17) is 11.6 Å². The molecule has 1 unspecified atom stereocenters. The first kappa shape index (κ1) is 10.3. The second-order valence-corrected chi connectivity index (χ2v) is 4.73. The first-order valence-corrected chi connectivity index (χ1v) is 5.48. The molecule has 1 rings (SSSR count). The normalized spacial score (nSPS) is 22.0. The minimum atomic E-state index is 0.328. The fraction of sp³-hybridized carbons (Fsp3) is 1.00. The van der Waals surface area contributed by atoms with Crippen LogP contribution in [-0.4, -0.2) is 29.9 Å². The van der Waals surface area contributed by atoms with Crippen molar-refractivity contribution < 1.29 is 0 Å². The molecule has 2 heteroatoms. The van der Waals surface area contributed by atoms with Gasteiger partial charge < -0.3 is 4.90 Å². The van der Waals surface area contributed by atoms with Gasteiger partial charge in [0.2, 0.25) is 0 Å². The smallest absolute Gasteiger partial charge is 0.0320 e.